The van der Waals surface area contributed by atoms with E-state index in [-0.39, 0.29) is 5.75 Å². The summed E-state index contributed by atoms with van der Waals surface area (Å²) in [6.07, 6.45) is -7.71. The third kappa shape index (κ3) is 6.71. The molecule has 3 rings (SSSR count). The first-order valence-corrected chi connectivity index (χ1v) is 10.6. The molecule has 0 aliphatic rings. The summed E-state index contributed by atoms with van der Waals surface area (Å²) in [5.74, 6) is 1.13. The molecule has 0 spiro atoms. The largest absolute Gasteiger partial charge is 0.461 e. The van der Waals surface area contributed by atoms with Gasteiger partial charge in [-0.25, -0.2) is 0 Å². The average Bonchev–Trinajstić information content (AvgIpc) is 2.80. The van der Waals surface area contributed by atoms with Gasteiger partial charge >= 0.3 is 12.5 Å². The Labute approximate surface area is 190 Å². The van der Waals surface area contributed by atoms with Crippen LogP contribution in [0.25, 0.3) is 0 Å². The van der Waals surface area contributed by atoms with Gasteiger partial charge in [0.25, 0.3) is 0 Å². The van der Waals surface area contributed by atoms with Crippen LogP contribution in [0.4, 0.5) is 17.6 Å². The van der Waals surface area contributed by atoms with E-state index in [9.17, 15) is 17.6 Å². The summed E-state index contributed by atoms with van der Waals surface area (Å²) in [5, 5.41) is 0. The summed E-state index contributed by atoms with van der Waals surface area (Å²) in [6, 6.07) is 22.8. The van der Waals surface area contributed by atoms with Crippen molar-refractivity contribution in [2.45, 2.75) is 44.8 Å². The molecule has 0 amide bonds. The van der Waals surface area contributed by atoms with Crippen LogP contribution in [0.2, 0.25) is 0 Å². The normalized spacial score (nSPS) is 13.5. The van der Waals surface area contributed by atoms with E-state index in [1.165, 1.54) is 12.1 Å². The second kappa shape index (κ2) is 10.7. The van der Waals surface area contributed by atoms with Crippen molar-refractivity contribution in [2.24, 2.45) is 0 Å². The van der Waals surface area contributed by atoms with Crippen LogP contribution in [0.15, 0.2) is 78.9 Å². The zero-order valence-electron chi connectivity index (χ0n) is 18.4. The highest BCUT2D eigenvalue weighted by Gasteiger charge is 2.44. The Morgan fingerprint density at radius 3 is 2.12 bits per heavy atom. The Morgan fingerprint density at radius 2 is 1.48 bits per heavy atom. The Hall–Kier alpha value is -3.06. The van der Waals surface area contributed by atoms with Gasteiger partial charge in [-0.05, 0) is 53.9 Å². The lowest BCUT2D eigenvalue weighted by Crippen LogP contribution is -2.33. The van der Waals surface area contributed by atoms with Gasteiger partial charge in [0.2, 0.25) is 0 Å². The maximum Gasteiger partial charge on any atom is 0.461 e. The standard InChI is InChI=1S/C26H26F4O3/c1-3-25(2,20-12-14-22(15-13-20)33-26(29,30)24(27)28)18-31-17-19-8-7-11-23(16-19)32-21-9-5-4-6-10-21/h4-16,24H,3,17-18H2,1-2H3. The van der Waals surface area contributed by atoms with Gasteiger partial charge in [-0.3, -0.25) is 0 Å². The maximum atomic E-state index is 13.1. The van der Waals surface area contributed by atoms with E-state index in [0.29, 0.717) is 19.0 Å². The van der Waals surface area contributed by atoms with Gasteiger partial charge in [-0.1, -0.05) is 56.3 Å². The summed E-state index contributed by atoms with van der Waals surface area (Å²) in [4.78, 5) is 0. The van der Waals surface area contributed by atoms with Gasteiger partial charge in [-0.2, -0.15) is 17.6 Å². The van der Waals surface area contributed by atoms with Gasteiger partial charge in [-0.15, -0.1) is 0 Å². The molecule has 33 heavy (non-hydrogen) atoms. The van der Waals surface area contributed by atoms with Crippen LogP contribution in [-0.4, -0.2) is 19.1 Å². The SMILES string of the molecule is CCC(C)(COCc1cccc(Oc2ccccc2)c1)c1ccc(OC(F)(F)C(F)F)cc1. The topological polar surface area (TPSA) is 27.7 Å². The molecule has 0 N–H and O–H groups in total. The van der Waals surface area contributed by atoms with Crippen molar-refractivity contribution in [3.63, 3.8) is 0 Å². The fraction of sp³-hybridized carbons (Fsp3) is 0.308. The molecule has 0 aromatic heterocycles. The third-order valence-corrected chi connectivity index (χ3v) is 5.41. The molecule has 0 saturated heterocycles. The highest BCUT2D eigenvalue weighted by atomic mass is 19.3. The summed E-state index contributed by atoms with van der Waals surface area (Å²) >= 11 is 0. The van der Waals surface area contributed by atoms with Gasteiger partial charge in [0.05, 0.1) is 13.2 Å². The van der Waals surface area contributed by atoms with Crippen molar-refractivity contribution in [1.29, 1.82) is 0 Å². The van der Waals surface area contributed by atoms with Crippen LogP contribution in [-0.2, 0) is 16.8 Å². The zero-order chi connectivity index (χ0) is 23.9. The lowest BCUT2D eigenvalue weighted by atomic mass is 9.81. The Kier molecular flexibility index (Phi) is 7.97. The predicted octanol–water partition coefficient (Wildman–Crippen LogP) is 7.60. The molecule has 0 saturated carbocycles. The van der Waals surface area contributed by atoms with Crippen molar-refractivity contribution in [3.05, 3.63) is 90.0 Å². The zero-order valence-corrected chi connectivity index (χ0v) is 18.4. The number of hydrogen-bond donors (Lipinski definition) is 0. The number of hydrogen-bond acceptors (Lipinski definition) is 3. The van der Waals surface area contributed by atoms with E-state index in [2.05, 4.69) is 4.74 Å². The van der Waals surface area contributed by atoms with Gasteiger partial charge in [0, 0.05) is 5.41 Å². The summed E-state index contributed by atoms with van der Waals surface area (Å²) in [6.45, 7) is 4.72. The number of halogens is 4. The van der Waals surface area contributed by atoms with Gasteiger partial charge in [0.15, 0.2) is 0 Å². The fourth-order valence-corrected chi connectivity index (χ4v) is 3.23. The molecule has 1 unspecified atom stereocenters. The highest BCUT2D eigenvalue weighted by Crippen LogP contribution is 2.32. The van der Waals surface area contributed by atoms with Gasteiger partial charge < -0.3 is 14.2 Å². The molecule has 0 bridgehead atoms. The minimum atomic E-state index is -4.53. The summed E-state index contributed by atoms with van der Waals surface area (Å²) in [5.41, 5.74) is 1.38. The molecule has 0 aliphatic carbocycles. The van der Waals surface area contributed by atoms with Crippen LogP contribution < -0.4 is 9.47 Å². The molecule has 3 nitrogen and oxygen atoms in total. The number of rotatable bonds is 11. The van der Waals surface area contributed by atoms with Crippen molar-refractivity contribution >= 4 is 0 Å². The number of benzene rings is 3. The Bertz CT molecular complexity index is 1010. The van der Waals surface area contributed by atoms with E-state index in [1.807, 2.05) is 68.4 Å². The predicted molar refractivity (Wildman–Crippen MR) is 118 cm³/mol. The molecule has 3 aromatic rings. The fourth-order valence-electron chi connectivity index (χ4n) is 3.23. The van der Waals surface area contributed by atoms with E-state index in [1.54, 1.807) is 12.1 Å². The van der Waals surface area contributed by atoms with Crippen LogP contribution in [0.3, 0.4) is 0 Å². The molecule has 0 aliphatic heterocycles. The smallest absolute Gasteiger partial charge is 0.457 e. The first kappa shape index (κ1) is 24.6. The second-order valence-corrected chi connectivity index (χ2v) is 7.96. The first-order chi connectivity index (χ1) is 15.7. The molecule has 0 heterocycles. The number of para-hydroxylation sites is 1. The molecule has 176 valence electrons. The minimum absolute atomic E-state index is 0.321. The summed E-state index contributed by atoms with van der Waals surface area (Å²) < 4.78 is 66.8. The van der Waals surface area contributed by atoms with E-state index >= 15 is 0 Å². The van der Waals surface area contributed by atoms with Crippen molar-refractivity contribution in [1.82, 2.24) is 0 Å². The average molecular weight is 462 g/mol. The molecule has 0 radical (unpaired) electrons. The van der Waals surface area contributed by atoms with Crippen LogP contribution in [0, 0.1) is 0 Å². The molecular formula is C26H26F4O3. The first-order valence-electron chi connectivity index (χ1n) is 10.6. The van der Waals surface area contributed by atoms with Crippen LogP contribution in [0.1, 0.15) is 31.4 Å². The molecular weight excluding hydrogens is 436 g/mol. The molecule has 0 fully saturated rings. The third-order valence-electron chi connectivity index (χ3n) is 5.41. The van der Waals surface area contributed by atoms with Gasteiger partial charge in [0.1, 0.15) is 17.2 Å². The molecule has 3 aromatic carbocycles. The Balaban J connectivity index is 1.60. The van der Waals surface area contributed by atoms with Crippen molar-refractivity contribution in [3.8, 4) is 17.2 Å². The summed E-state index contributed by atoms with van der Waals surface area (Å²) in [7, 11) is 0. The highest BCUT2D eigenvalue weighted by molar-refractivity contribution is 5.34. The van der Waals surface area contributed by atoms with E-state index < -0.39 is 17.9 Å². The minimum Gasteiger partial charge on any atom is -0.457 e. The van der Waals surface area contributed by atoms with Crippen molar-refractivity contribution < 1.29 is 31.8 Å². The van der Waals surface area contributed by atoms with Crippen molar-refractivity contribution in [2.75, 3.05) is 6.61 Å². The molecule has 1 atom stereocenters. The van der Waals surface area contributed by atoms with E-state index in [4.69, 9.17) is 9.47 Å². The maximum absolute atomic E-state index is 13.1. The van der Waals surface area contributed by atoms with E-state index in [0.717, 1.165) is 23.3 Å². The van der Waals surface area contributed by atoms with Crippen LogP contribution >= 0.6 is 0 Å². The lowest BCUT2D eigenvalue weighted by Gasteiger charge is -2.29. The Morgan fingerprint density at radius 1 is 0.818 bits per heavy atom. The second-order valence-electron chi connectivity index (χ2n) is 7.96. The quantitative estimate of drug-likeness (QED) is 0.275. The molecule has 7 heteroatoms. The number of alkyl halides is 4. The number of ether oxygens (including phenoxy) is 3. The van der Waals surface area contributed by atoms with Crippen LogP contribution in [0.5, 0.6) is 17.2 Å². The lowest BCUT2D eigenvalue weighted by molar-refractivity contribution is -0.253. The monoisotopic (exact) mass is 462 g/mol.